The summed E-state index contributed by atoms with van der Waals surface area (Å²) in [5, 5.41) is 2.24. The summed E-state index contributed by atoms with van der Waals surface area (Å²) < 4.78 is 25.1. The van der Waals surface area contributed by atoms with Crippen molar-refractivity contribution < 1.29 is 28.3 Å². The van der Waals surface area contributed by atoms with Gasteiger partial charge in [-0.3, -0.25) is 43.4 Å². The quantitative estimate of drug-likeness (QED) is 0.194. The zero-order valence-corrected chi connectivity index (χ0v) is 34.1. The van der Waals surface area contributed by atoms with Crippen LogP contribution in [-0.2, 0) is 9.59 Å². The van der Waals surface area contributed by atoms with Crippen LogP contribution in [-0.4, -0.2) is 121 Å². The summed E-state index contributed by atoms with van der Waals surface area (Å²) in [6.45, 7) is 5.26. The van der Waals surface area contributed by atoms with Crippen LogP contribution >= 0.6 is 0 Å². The number of benzene rings is 3. The highest BCUT2D eigenvalue weighted by molar-refractivity contribution is 6.23. The first-order valence-corrected chi connectivity index (χ1v) is 21.4. The van der Waals surface area contributed by atoms with Crippen LogP contribution in [0.2, 0.25) is 0 Å². The molecule has 4 fully saturated rings. The number of hydrogen-bond acceptors (Lipinski definition) is 12. The number of nitrogens with zero attached hydrogens (tertiary/aromatic N) is 8. The number of piperidine rings is 3. The molecule has 62 heavy (non-hydrogen) atoms. The van der Waals surface area contributed by atoms with Crippen LogP contribution in [0.4, 0.5) is 15.9 Å². The van der Waals surface area contributed by atoms with Crippen LogP contribution < -0.4 is 26.4 Å². The van der Waals surface area contributed by atoms with E-state index in [9.17, 15) is 24.0 Å². The van der Waals surface area contributed by atoms with Gasteiger partial charge in [-0.1, -0.05) is 18.2 Å². The van der Waals surface area contributed by atoms with Gasteiger partial charge in [0.25, 0.3) is 11.8 Å². The minimum absolute atomic E-state index is 0.0806. The number of halogens is 1. The third-order valence-electron chi connectivity index (χ3n) is 13.3. The Bertz CT molecular complexity index is 2620. The van der Waals surface area contributed by atoms with Crippen molar-refractivity contribution in [2.75, 3.05) is 56.4 Å². The average Bonchev–Trinajstić information content (AvgIpc) is 3.69. The number of amides is 4. The van der Waals surface area contributed by atoms with E-state index in [-0.39, 0.29) is 30.8 Å². The monoisotopic (exact) mass is 842 g/mol. The Morgan fingerprint density at radius 3 is 2.26 bits per heavy atom. The molecule has 5 aromatic rings. The van der Waals surface area contributed by atoms with E-state index in [1.165, 1.54) is 15.5 Å². The largest absolute Gasteiger partial charge is 0.457 e. The SMILES string of the molecule is Nc1ncnc2c1n(-c1ccc(Oc3ccccc3)cc1)c(=O)n2[C@@H]1CCN(CCC2CCN(C3CN(c4ccc5c(c4)C(=O)N(C4CCC(=O)NC4=O)C5=O)C3)CC2)C[C@H]1F. The summed E-state index contributed by atoms with van der Waals surface area (Å²) in [6.07, 6.45) is 3.79. The number of nitrogen functional groups attached to an aromatic ring is 1. The molecular weight excluding hydrogens is 796 g/mol. The minimum Gasteiger partial charge on any atom is -0.457 e. The van der Waals surface area contributed by atoms with Crippen LogP contribution in [0.15, 0.2) is 83.9 Å². The van der Waals surface area contributed by atoms with Crippen molar-refractivity contribution in [1.82, 2.24) is 39.1 Å². The normalized spacial score (nSPS) is 22.9. The molecule has 2 aromatic heterocycles. The maximum atomic E-state index is 16.2. The van der Waals surface area contributed by atoms with Crippen molar-refractivity contribution in [3.63, 3.8) is 0 Å². The second-order valence-electron chi connectivity index (χ2n) is 17.0. The van der Waals surface area contributed by atoms with E-state index >= 15 is 4.39 Å². The van der Waals surface area contributed by atoms with Gasteiger partial charge >= 0.3 is 5.69 Å². The number of anilines is 2. The van der Waals surface area contributed by atoms with Crippen LogP contribution in [0, 0.1) is 5.92 Å². The average molecular weight is 843 g/mol. The van der Waals surface area contributed by atoms with Gasteiger partial charge in [0.1, 0.15) is 35.6 Å². The Kier molecular flexibility index (Phi) is 10.3. The van der Waals surface area contributed by atoms with Gasteiger partial charge in [0.05, 0.1) is 22.9 Å². The van der Waals surface area contributed by atoms with E-state index in [0.29, 0.717) is 58.8 Å². The molecule has 5 aliphatic rings. The van der Waals surface area contributed by atoms with Crippen LogP contribution in [0.5, 0.6) is 11.5 Å². The predicted octanol–water partition coefficient (Wildman–Crippen LogP) is 3.93. The maximum Gasteiger partial charge on any atom is 0.335 e. The Labute approximate surface area is 356 Å². The van der Waals surface area contributed by atoms with Gasteiger partial charge in [-0.05, 0) is 112 Å². The van der Waals surface area contributed by atoms with Gasteiger partial charge in [-0.15, -0.1) is 0 Å². The summed E-state index contributed by atoms with van der Waals surface area (Å²) in [5.74, 6) is -0.0530. The van der Waals surface area contributed by atoms with Crippen molar-refractivity contribution in [1.29, 1.82) is 0 Å². The molecule has 3 aromatic carbocycles. The van der Waals surface area contributed by atoms with E-state index in [1.807, 2.05) is 36.4 Å². The number of nitrogens with two attached hydrogens (primary N) is 1. The Morgan fingerprint density at radius 2 is 1.52 bits per heavy atom. The maximum absolute atomic E-state index is 16.2. The highest BCUT2D eigenvalue weighted by Gasteiger charge is 2.45. The molecular formula is C45H47FN10O6. The number of aromatic nitrogens is 4. The lowest BCUT2D eigenvalue weighted by molar-refractivity contribution is -0.136. The highest BCUT2D eigenvalue weighted by Crippen LogP contribution is 2.35. The molecule has 17 heteroatoms. The van der Waals surface area contributed by atoms with Crippen molar-refractivity contribution in [2.45, 2.75) is 62.8 Å². The molecule has 320 valence electrons. The van der Waals surface area contributed by atoms with E-state index in [0.717, 1.165) is 62.6 Å². The van der Waals surface area contributed by atoms with E-state index in [4.69, 9.17) is 10.5 Å². The van der Waals surface area contributed by atoms with Gasteiger partial charge in [0, 0.05) is 44.3 Å². The van der Waals surface area contributed by atoms with Crippen molar-refractivity contribution in [3.8, 4) is 17.2 Å². The lowest BCUT2D eigenvalue weighted by Gasteiger charge is -2.49. The van der Waals surface area contributed by atoms with Crippen molar-refractivity contribution in [3.05, 3.63) is 101 Å². The summed E-state index contributed by atoms with van der Waals surface area (Å²) in [4.78, 5) is 81.2. The third kappa shape index (κ3) is 7.17. The number of imide groups is 2. The molecule has 0 aliphatic carbocycles. The number of para-hydroxylation sites is 1. The number of fused-ring (bicyclic) bond motifs is 2. The topological polar surface area (TPSA) is 181 Å². The summed E-state index contributed by atoms with van der Waals surface area (Å²) in [6, 6.07) is 20.5. The minimum atomic E-state index is -1.28. The number of likely N-dealkylation sites (tertiary alicyclic amines) is 2. The molecule has 0 saturated carbocycles. The van der Waals surface area contributed by atoms with Gasteiger partial charge in [0.15, 0.2) is 11.5 Å². The molecule has 7 heterocycles. The molecule has 0 spiro atoms. The van der Waals surface area contributed by atoms with E-state index < -0.39 is 47.6 Å². The Balaban J connectivity index is 0.713. The first-order valence-electron chi connectivity index (χ1n) is 21.4. The molecule has 16 nitrogen and oxygen atoms in total. The van der Waals surface area contributed by atoms with Gasteiger partial charge in [-0.2, -0.15) is 0 Å². The van der Waals surface area contributed by atoms with Gasteiger partial charge in [0.2, 0.25) is 11.8 Å². The van der Waals surface area contributed by atoms with E-state index in [1.54, 1.807) is 36.4 Å². The second kappa shape index (κ2) is 16.1. The molecule has 0 radical (unpaired) electrons. The standard InChI is InChI=1S/C45H47FN10O6/c46-35-25-51(19-17-36(35)55-41-39(40(47)48-26-49-41)54(45(55)61)28-6-9-32(10-7-28)62-31-4-2-1-3-5-31)18-14-27-15-20-52(21-16-27)30-23-53(24-30)29-8-11-33-34(22-29)44(60)56(43(33)59)37-12-13-38(57)50-42(37)58/h1-11,22,26-27,30,35-37H,12-21,23-25H2,(H2,47,48,49)(H,50,57,58)/t35-,36-,37?/m1/s1. The second-order valence-corrected chi connectivity index (χ2v) is 17.0. The number of alkyl halides is 1. The number of hydrogen-bond donors (Lipinski definition) is 2. The van der Waals surface area contributed by atoms with Crippen molar-refractivity contribution >= 4 is 46.3 Å². The molecule has 3 N–H and O–H groups in total. The summed E-state index contributed by atoms with van der Waals surface area (Å²) in [7, 11) is 0. The van der Waals surface area contributed by atoms with Crippen LogP contribution in [0.1, 0.15) is 65.3 Å². The Morgan fingerprint density at radius 1 is 0.790 bits per heavy atom. The van der Waals surface area contributed by atoms with Crippen molar-refractivity contribution in [2.24, 2.45) is 5.92 Å². The van der Waals surface area contributed by atoms with Crippen LogP contribution in [0.3, 0.4) is 0 Å². The van der Waals surface area contributed by atoms with Gasteiger partial charge in [-0.25, -0.2) is 19.2 Å². The number of nitrogens with one attached hydrogen (secondary N) is 1. The number of carbonyl (C=O) groups is 4. The van der Waals surface area contributed by atoms with Gasteiger partial charge < -0.3 is 20.3 Å². The molecule has 4 amide bonds. The fourth-order valence-electron chi connectivity index (χ4n) is 9.87. The summed E-state index contributed by atoms with van der Waals surface area (Å²) >= 11 is 0. The van der Waals surface area contributed by atoms with E-state index in [2.05, 4.69) is 30.0 Å². The number of carbonyl (C=O) groups excluding carboxylic acids is 4. The number of imidazole rings is 1. The number of rotatable bonds is 10. The lowest BCUT2D eigenvalue weighted by atomic mass is 9.91. The first-order chi connectivity index (χ1) is 30.1. The molecule has 10 rings (SSSR count). The molecule has 4 saturated heterocycles. The van der Waals surface area contributed by atoms with Crippen LogP contribution in [0.25, 0.3) is 16.9 Å². The lowest BCUT2D eigenvalue weighted by Crippen LogP contribution is -2.61. The zero-order chi connectivity index (χ0) is 42.6. The first kappa shape index (κ1) is 39.7. The molecule has 5 aliphatic heterocycles. The smallest absolute Gasteiger partial charge is 0.335 e. The Hall–Kier alpha value is -6.46. The predicted molar refractivity (Wildman–Crippen MR) is 227 cm³/mol. The molecule has 0 bridgehead atoms. The fourth-order valence-corrected chi connectivity index (χ4v) is 9.87. The third-order valence-corrected chi connectivity index (χ3v) is 13.3. The fraction of sp³-hybridized carbons (Fsp3) is 0.400. The zero-order valence-electron chi connectivity index (χ0n) is 34.1. The highest BCUT2D eigenvalue weighted by atomic mass is 19.1. The molecule has 3 atom stereocenters. The molecule has 1 unspecified atom stereocenters. The number of ether oxygens (including phenoxy) is 1. The summed E-state index contributed by atoms with van der Waals surface area (Å²) in [5.41, 5.74) is 8.56.